The predicted molar refractivity (Wildman–Crippen MR) is 82.3 cm³/mol. The minimum absolute atomic E-state index is 0.536. The maximum atomic E-state index is 9.05. The summed E-state index contributed by atoms with van der Waals surface area (Å²) in [7, 11) is 0. The Morgan fingerprint density at radius 1 is 0.950 bits per heavy atom. The molecule has 2 nitrogen and oxygen atoms in total. The first kappa shape index (κ1) is 12.3. The van der Waals surface area contributed by atoms with E-state index in [-0.39, 0.29) is 0 Å². The van der Waals surface area contributed by atoms with Crippen LogP contribution >= 0.6 is 0 Å². The van der Waals surface area contributed by atoms with Gasteiger partial charge in [-0.25, -0.2) is 0 Å². The molecular formula is C18H14N2. The summed E-state index contributed by atoms with van der Waals surface area (Å²) in [6.07, 6.45) is 0.802. The molecule has 0 saturated carbocycles. The highest BCUT2D eigenvalue weighted by atomic mass is 14.6. The molecule has 0 fully saturated rings. The van der Waals surface area contributed by atoms with Crippen LogP contribution < -0.4 is 5.73 Å². The van der Waals surface area contributed by atoms with Gasteiger partial charge in [0.15, 0.2) is 0 Å². The van der Waals surface area contributed by atoms with Crippen molar-refractivity contribution in [2.24, 2.45) is 0 Å². The number of hydrogen-bond donors (Lipinski definition) is 1. The first-order chi connectivity index (χ1) is 9.78. The molecule has 0 bridgehead atoms. The van der Waals surface area contributed by atoms with Crippen LogP contribution in [-0.4, -0.2) is 0 Å². The maximum Gasteiger partial charge on any atom is 0.101 e. The second kappa shape index (κ2) is 5.07. The van der Waals surface area contributed by atoms with Crippen molar-refractivity contribution in [3.63, 3.8) is 0 Å². The number of hydrogen-bond acceptors (Lipinski definition) is 2. The van der Waals surface area contributed by atoms with Crippen molar-refractivity contribution in [2.75, 3.05) is 5.73 Å². The third-order valence-corrected chi connectivity index (χ3v) is 3.51. The van der Waals surface area contributed by atoms with Gasteiger partial charge in [0.25, 0.3) is 0 Å². The van der Waals surface area contributed by atoms with Crippen molar-refractivity contribution in [3.05, 3.63) is 77.4 Å². The Kier molecular flexibility index (Phi) is 3.10. The Morgan fingerprint density at radius 2 is 1.75 bits per heavy atom. The van der Waals surface area contributed by atoms with Gasteiger partial charge in [-0.05, 0) is 40.5 Å². The molecule has 3 aromatic carbocycles. The Balaban J connectivity index is 2.04. The van der Waals surface area contributed by atoms with Crippen molar-refractivity contribution in [3.8, 4) is 6.07 Å². The van der Waals surface area contributed by atoms with Gasteiger partial charge in [-0.1, -0.05) is 48.5 Å². The van der Waals surface area contributed by atoms with Gasteiger partial charge in [0.1, 0.15) is 6.07 Å². The monoisotopic (exact) mass is 258 g/mol. The molecule has 0 aliphatic rings. The molecule has 2 heteroatoms. The predicted octanol–water partition coefficient (Wildman–Crippen LogP) is 3.88. The zero-order chi connectivity index (χ0) is 13.9. The SMILES string of the molecule is N#Cc1cc(Cc2cccc3ccccc23)ccc1N. The van der Waals surface area contributed by atoms with Gasteiger partial charge >= 0.3 is 0 Å². The normalized spacial score (nSPS) is 10.3. The van der Waals surface area contributed by atoms with E-state index in [1.54, 1.807) is 6.07 Å². The van der Waals surface area contributed by atoms with Crippen LogP contribution in [0, 0.1) is 11.3 Å². The second-order valence-corrected chi connectivity index (χ2v) is 4.85. The summed E-state index contributed by atoms with van der Waals surface area (Å²) in [5, 5.41) is 11.5. The van der Waals surface area contributed by atoms with E-state index in [0.717, 1.165) is 12.0 Å². The maximum absolute atomic E-state index is 9.05. The van der Waals surface area contributed by atoms with Crippen LogP contribution in [-0.2, 0) is 6.42 Å². The van der Waals surface area contributed by atoms with E-state index in [2.05, 4.69) is 42.5 Å². The fraction of sp³-hybridized carbons (Fsp3) is 0.0556. The number of benzene rings is 3. The van der Waals surface area contributed by atoms with Crippen molar-refractivity contribution in [2.45, 2.75) is 6.42 Å². The van der Waals surface area contributed by atoms with Gasteiger partial charge in [0.05, 0.1) is 5.56 Å². The molecule has 0 aromatic heterocycles. The Morgan fingerprint density at radius 3 is 2.60 bits per heavy atom. The van der Waals surface area contributed by atoms with E-state index in [4.69, 9.17) is 11.0 Å². The Labute approximate surface area is 118 Å². The first-order valence-corrected chi connectivity index (χ1v) is 6.53. The van der Waals surface area contributed by atoms with Crippen molar-refractivity contribution in [1.29, 1.82) is 5.26 Å². The number of nitriles is 1. The third-order valence-electron chi connectivity index (χ3n) is 3.51. The number of anilines is 1. The van der Waals surface area contributed by atoms with E-state index in [0.29, 0.717) is 11.3 Å². The second-order valence-electron chi connectivity index (χ2n) is 4.85. The summed E-state index contributed by atoms with van der Waals surface area (Å²) >= 11 is 0. The molecule has 96 valence electrons. The lowest BCUT2D eigenvalue weighted by Gasteiger charge is -2.08. The number of rotatable bonds is 2. The van der Waals surface area contributed by atoms with Crippen molar-refractivity contribution >= 4 is 16.5 Å². The minimum atomic E-state index is 0.536. The van der Waals surface area contributed by atoms with E-state index in [9.17, 15) is 0 Å². The van der Waals surface area contributed by atoms with Gasteiger partial charge in [0.2, 0.25) is 0 Å². The minimum Gasteiger partial charge on any atom is -0.398 e. The molecule has 2 N–H and O–H groups in total. The molecule has 0 aliphatic carbocycles. The van der Waals surface area contributed by atoms with Gasteiger partial charge < -0.3 is 5.73 Å². The highest BCUT2D eigenvalue weighted by Gasteiger charge is 2.04. The molecule has 0 aliphatic heterocycles. The van der Waals surface area contributed by atoms with Crippen molar-refractivity contribution < 1.29 is 0 Å². The van der Waals surface area contributed by atoms with E-state index in [1.807, 2.05) is 18.2 Å². The molecule has 0 radical (unpaired) electrons. The Bertz CT molecular complexity index is 808. The summed E-state index contributed by atoms with van der Waals surface area (Å²) in [5.41, 5.74) is 9.21. The number of fused-ring (bicyclic) bond motifs is 1. The van der Waals surface area contributed by atoms with Crippen LogP contribution in [0.15, 0.2) is 60.7 Å². The highest BCUT2D eigenvalue weighted by molar-refractivity contribution is 5.85. The molecule has 20 heavy (non-hydrogen) atoms. The number of nitrogens with two attached hydrogens (primary N) is 1. The topological polar surface area (TPSA) is 49.8 Å². The zero-order valence-corrected chi connectivity index (χ0v) is 11.0. The summed E-state index contributed by atoms with van der Waals surface area (Å²) < 4.78 is 0. The van der Waals surface area contributed by atoms with Crippen LogP contribution in [0.3, 0.4) is 0 Å². The third kappa shape index (κ3) is 2.22. The van der Waals surface area contributed by atoms with Crippen LogP contribution in [0.1, 0.15) is 16.7 Å². The van der Waals surface area contributed by atoms with E-state index < -0.39 is 0 Å². The molecule has 0 atom stereocenters. The lowest BCUT2D eigenvalue weighted by molar-refractivity contribution is 1.21. The fourth-order valence-corrected chi connectivity index (χ4v) is 2.48. The van der Waals surface area contributed by atoms with Gasteiger partial charge in [-0.15, -0.1) is 0 Å². The molecule has 0 spiro atoms. The molecule has 0 unspecified atom stereocenters. The van der Waals surface area contributed by atoms with Crippen LogP contribution in [0.2, 0.25) is 0 Å². The summed E-state index contributed by atoms with van der Waals surface area (Å²) in [5.74, 6) is 0. The average Bonchev–Trinajstić information content (AvgIpc) is 2.49. The van der Waals surface area contributed by atoms with Gasteiger partial charge in [-0.2, -0.15) is 5.26 Å². The van der Waals surface area contributed by atoms with E-state index >= 15 is 0 Å². The zero-order valence-electron chi connectivity index (χ0n) is 11.0. The van der Waals surface area contributed by atoms with Gasteiger partial charge in [-0.3, -0.25) is 0 Å². The number of nitrogen functional groups attached to an aromatic ring is 1. The average molecular weight is 258 g/mol. The highest BCUT2D eigenvalue weighted by Crippen LogP contribution is 2.22. The summed E-state index contributed by atoms with van der Waals surface area (Å²) in [6.45, 7) is 0. The lowest BCUT2D eigenvalue weighted by atomic mass is 9.97. The summed E-state index contributed by atoms with van der Waals surface area (Å²) in [6, 6.07) is 22.4. The molecule has 3 aromatic rings. The summed E-state index contributed by atoms with van der Waals surface area (Å²) in [4.78, 5) is 0. The van der Waals surface area contributed by atoms with Crippen molar-refractivity contribution in [1.82, 2.24) is 0 Å². The Hall–Kier alpha value is -2.79. The van der Waals surface area contributed by atoms with Crippen LogP contribution in [0.4, 0.5) is 5.69 Å². The fourth-order valence-electron chi connectivity index (χ4n) is 2.48. The van der Waals surface area contributed by atoms with Crippen LogP contribution in [0.5, 0.6) is 0 Å². The first-order valence-electron chi connectivity index (χ1n) is 6.53. The van der Waals surface area contributed by atoms with E-state index in [1.165, 1.54) is 16.3 Å². The largest absolute Gasteiger partial charge is 0.398 e. The van der Waals surface area contributed by atoms with Gasteiger partial charge in [0, 0.05) is 5.69 Å². The number of nitrogens with zero attached hydrogens (tertiary/aromatic N) is 1. The molecule has 3 rings (SSSR count). The molecule has 0 saturated heterocycles. The quantitative estimate of drug-likeness (QED) is 0.709. The standard InChI is InChI=1S/C18H14N2/c19-12-16-11-13(8-9-18(16)20)10-15-6-3-5-14-4-1-2-7-17(14)15/h1-9,11H,10,20H2. The molecule has 0 amide bonds. The van der Waals surface area contributed by atoms with Crippen LogP contribution in [0.25, 0.3) is 10.8 Å². The smallest absolute Gasteiger partial charge is 0.101 e. The lowest BCUT2D eigenvalue weighted by Crippen LogP contribution is -1.94. The molecule has 0 heterocycles. The molecular weight excluding hydrogens is 244 g/mol.